The van der Waals surface area contributed by atoms with Crippen molar-refractivity contribution in [1.29, 1.82) is 5.26 Å². The SMILES string of the molecule is N#Cc1cccc(NC(=O)CCNCc2ccccc2F)c1. The number of rotatable bonds is 6. The first kappa shape index (κ1) is 15.7. The van der Waals surface area contributed by atoms with Crippen molar-refractivity contribution in [1.82, 2.24) is 5.32 Å². The van der Waals surface area contributed by atoms with Gasteiger partial charge in [-0.3, -0.25) is 4.79 Å². The van der Waals surface area contributed by atoms with Gasteiger partial charge in [-0.2, -0.15) is 5.26 Å². The third kappa shape index (κ3) is 4.69. The third-order valence-corrected chi connectivity index (χ3v) is 3.08. The Labute approximate surface area is 128 Å². The van der Waals surface area contributed by atoms with Crippen LogP contribution in [0, 0.1) is 17.1 Å². The molecule has 2 N–H and O–H groups in total. The zero-order valence-electron chi connectivity index (χ0n) is 12.0. The fourth-order valence-electron chi connectivity index (χ4n) is 1.96. The number of nitrogens with zero attached hydrogens (tertiary/aromatic N) is 1. The Morgan fingerprint density at radius 3 is 2.77 bits per heavy atom. The molecule has 2 aromatic rings. The predicted octanol–water partition coefficient (Wildman–Crippen LogP) is 2.82. The molecule has 22 heavy (non-hydrogen) atoms. The Morgan fingerprint density at radius 2 is 2.00 bits per heavy atom. The Kier molecular flexibility index (Phi) is 5.64. The quantitative estimate of drug-likeness (QED) is 0.806. The molecule has 4 nitrogen and oxygen atoms in total. The summed E-state index contributed by atoms with van der Waals surface area (Å²) in [6.45, 7) is 0.821. The number of nitrogens with one attached hydrogen (secondary N) is 2. The van der Waals surface area contributed by atoms with Crippen molar-refractivity contribution in [2.75, 3.05) is 11.9 Å². The van der Waals surface area contributed by atoms with Crippen LogP contribution in [0.25, 0.3) is 0 Å². The summed E-state index contributed by atoms with van der Waals surface area (Å²) in [7, 11) is 0. The van der Waals surface area contributed by atoms with E-state index in [2.05, 4.69) is 10.6 Å². The summed E-state index contributed by atoms with van der Waals surface area (Å²) in [5, 5.41) is 14.5. The van der Waals surface area contributed by atoms with Crippen LogP contribution in [0.3, 0.4) is 0 Å². The summed E-state index contributed by atoms with van der Waals surface area (Å²) >= 11 is 0. The molecule has 2 aromatic carbocycles. The van der Waals surface area contributed by atoms with Gasteiger partial charge < -0.3 is 10.6 Å². The molecule has 0 aromatic heterocycles. The Bertz CT molecular complexity index is 694. The molecule has 0 aliphatic heterocycles. The monoisotopic (exact) mass is 297 g/mol. The van der Waals surface area contributed by atoms with Gasteiger partial charge in [0.15, 0.2) is 0 Å². The number of anilines is 1. The maximum atomic E-state index is 13.4. The molecule has 0 spiro atoms. The van der Waals surface area contributed by atoms with E-state index in [1.807, 2.05) is 6.07 Å². The lowest BCUT2D eigenvalue weighted by molar-refractivity contribution is -0.116. The van der Waals surface area contributed by atoms with Crippen LogP contribution in [-0.2, 0) is 11.3 Å². The van der Waals surface area contributed by atoms with Gasteiger partial charge in [-0.1, -0.05) is 24.3 Å². The number of amides is 1. The number of hydrogen-bond donors (Lipinski definition) is 2. The number of benzene rings is 2. The van der Waals surface area contributed by atoms with E-state index in [0.717, 1.165) is 0 Å². The van der Waals surface area contributed by atoms with E-state index in [4.69, 9.17) is 5.26 Å². The molecule has 0 aliphatic carbocycles. The maximum absolute atomic E-state index is 13.4. The van der Waals surface area contributed by atoms with Crippen LogP contribution in [-0.4, -0.2) is 12.5 Å². The molecule has 5 heteroatoms. The minimum Gasteiger partial charge on any atom is -0.326 e. The van der Waals surface area contributed by atoms with Crippen molar-refractivity contribution < 1.29 is 9.18 Å². The highest BCUT2D eigenvalue weighted by Gasteiger charge is 2.04. The molecule has 0 saturated heterocycles. The van der Waals surface area contributed by atoms with Gasteiger partial charge in [-0.15, -0.1) is 0 Å². The normalized spacial score (nSPS) is 10.0. The molecule has 0 fully saturated rings. The first-order chi connectivity index (χ1) is 10.7. The van der Waals surface area contributed by atoms with Gasteiger partial charge >= 0.3 is 0 Å². The molecule has 2 rings (SSSR count). The van der Waals surface area contributed by atoms with E-state index in [0.29, 0.717) is 29.9 Å². The van der Waals surface area contributed by atoms with Gasteiger partial charge in [0.25, 0.3) is 0 Å². The highest BCUT2D eigenvalue weighted by atomic mass is 19.1. The van der Waals surface area contributed by atoms with E-state index in [1.54, 1.807) is 42.5 Å². The summed E-state index contributed by atoms with van der Waals surface area (Å²) in [4.78, 5) is 11.8. The summed E-state index contributed by atoms with van der Waals surface area (Å²) in [5.74, 6) is -0.413. The zero-order valence-corrected chi connectivity index (χ0v) is 12.0. The molecule has 0 atom stereocenters. The van der Waals surface area contributed by atoms with Gasteiger partial charge in [0.05, 0.1) is 11.6 Å². The average molecular weight is 297 g/mol. The number of carbonyl (C=O) groups is 1. The topological polar surface area (TPSA) is 64.9 Å². The van der Waals surface area contributed by atoms with Crippen molar-refractivity contribution in [3.05, 3.63) is 65.5 Å². The standard InChI is InChI=1S/C17H16FN3O/c18-16-7-2-1-5-14(16)12-20-9-8-17(22)21-15-6-3-4-13(10-15)11-19/h1-7,10,20H,8-9,12H2,(H,21,22). The van der Waals surface area contributed by atoms with E-state index < -0.39 is 0 Å². The van der Waals surface area contributed by atoms with Crippen LogP contribution in [0.15, 0.2) is 48.5 Å². The lowest BCUT2D eigenvalue weighted by Gasteiger charge is -2.07. The van der Waals surface area contributed by atoms with Crippen molar-refractivity contribution in [3.8, 4) is 6.07 Å². The number of nitriles is 1. The van der Waals surface area contributed by atoms with Crippen LogP contribution in [0.4, 0.5) is 10.1 Å². The minimum absolute atomic E-state index is 0.156. The van der Waals surface area contributed by atoms with Crippen LogP contribution in [0.1, 0.15) is 17.5 Å². The number of halogens is 1. The molecule has 0 radical (unpaired) electrons. The average Bonchev–Trinajstić information content (AvgIpc) is 2.53. The minimum atomic E-state index is -0.257. The highest BCUT2D eigenvalue weighted by molar-refractivity contribution is 5.90. The van der Waals surface area contributed by atoms with E-state index in [-0.39, 0.29) is 18.1 Å². The first-order valence-electron chi connectivity index (χ1n) is 6.93. The first-order valence-corrected chi connectivity index (χ1v) is 6.93. The highest BCUT2D eigenvalue weighted by Crippen LogP contribution is 2.10. The van der Waals surface area contributed by atoms with E-state index in [1.165, 1.54) is 6.07 Å². The van der Waals surface area contributed by atoms with Gasteiger partial charge in [-0.05, 0) is 24.3 Å². The second-order valence-electron chi connectivity index (χ2n) is 4.76. The molecule has 0 unspecified atom stereocenters. The van der Waals surface area contributed by atoms with Crippen molar-refractivity contribution >= 4 is 11.6 Å². The van der Waals surface area contributed by atoms with Crippen molar-refractivity contribution in [3.63, 3.8) is 0 Å². The largest absolute Gasteiger partial charge is 0.326 e. The Balaban J connectivity index is 1.74. The molecule has 0 aliphatic rings. The van der Waals surface area contributed by atoms with E-state index in [9.17, 15) is 9.18 Å². The van der Waals surface area contributed by atoms with Crippen molar-refractivity contribution in [2.45, 2.75) is 13.0 Å². The van der Waals surface area contributed by atoms with Crippen LogP contribution in [0.2, 0.25) is 0 Å². The summed E-state index contributed by atoms with van der Waals surface area (Å²) < 4.78 is 13.4. The Hall–Kier alpha value is -2.71. The van der Waals surface area contributed by atoms with Crippen molar-refractivity contribution in [2.24, 2.45) is 0 Å². The van der Waals surface area contributed by atoms with Gasteiger partial charge in [0.1, 0.15) is 5.82 Å². The predicted molar refractivity (Wildman–Crippen MR) is 82.5 cm³/mol. The molecular formula is C17H16FN3O. The van der Waals surface area contributed by atoms with Gasteiger partial charge in [-0.25, -0.2) is 4.39 Å². The number of hydrogen-bond acceptors (Lipinski definition) is 3. The van der Waals surface area contributed by atoms with Crippen LogP contribution < -0.4 is 10.6 Å². The number of carbonyl (C=O) groups excluding carboxylic acids is 1. The summed E-state index contributed by atoms with van der Waals surface area (Å²) in [6.07, 6.45) is 0.269. The molecule has 112 valence electrons. The molecule has 1 amide bonds. The third-order valence-electron chi connectivity index (χ3n) is 3.08. The summed E-state index contributed by atoms with van der Waals surface area (Å²) in [5.41, 5.74) is 1.67. The molecule has 0 heterocycles. The molecule has 0 bridgehead atoms. The van der Waals surface area contributed by atoms with Gasteiger partial charge in [0, 0.05) is 30.8 Å². The van der Waals surface area contributed by atoms with Crippen LogP contribution >= 0.6 is 0 Å². The second-order valence-corrected chi connectivity index (χ2v) is 4.76. The fourth-order valence-corrected chi connectivity index (χ4v) is 1.96. The second kappa shape index (κ2) is 7.91. The smallest absolute Gasteiger partial charge is 0.225 e. The summed E-state index contributed by atoms with van der Waals surface area (Å²) in [6, 6.07) is 15.3. The lowest BCUT2D eigenvalue weighted by atomic mass is 10.2. The molecule has 0 saturated carbocycles. The van der Waals surface area contributed by atoms with Crippen LogP contribution in [0.5, 0.6) is 0 Å². The Morgan fingerprint density at radius 1 is 1.18 bits per heavy atom. The van der Waals surface area contributed by atoms with Gasteiger partial charge in [0.2, 0.25) is 5.91 Å². The fraction of sp³-hybridized carbons (Fsp3) is 0.176. The molecular weight excluding hydrogens is 281 g/mol. The lowest BCUT2D eigenvalue weighted by Crippen LogP contribution is -2.21. The van der Waals surface area contributed by atoms with E-state index >= 15 is 0 Å². The maximum Gasteiger partial charge on any atom is 0.225 e. The zero-order chi connectivity index (χ0) is 15.8.